The molecule has 0 aromatic heterocycles. The number of rotatable bonds is 3. The molecule has 0 saturated carbocycles. The van der Waals surface area contributed by atoms with Crippen molar-refractivity contribution in [2.24, 2.45) is 5.92 Å². The molecule has 1 fully saturated rings. The van der Waals surface area contributed by atoms with E-state index >= 15 is 0 Å². The first-order valence-corrected chi connectivity index (χ1v) is 6.79. The zero-order valence-electron chi connectivity index (χ0n) is 11.8. The number of benzene rings is 1. The average Bonchev–Trinajstić information content (AvgIpc) is 2.40. The third-order valence-electron chi connectivity index (χ3n) is 3.60. The van der Waals surface area contributed by atoms with Crippen LogP contribution in [0.15, 0.2) is 18.2 Å². The lowest BCUT2D eigenvalue weighted by Crippen LogP contribution is -2.45. The van der Waals surface area contributed by atoms with Gasteiger partial charge >= 0.3 is 0 Å². The fourth-order valence-corrected chi connectivity index (χ4v) is 2.43. The second-order valence-corrected chi connectivity index (χ2v) is 5.33. The van der Waals surface area contributed by atoms with Gasteiger partial charge in [-0.15, -0.1) is 0 Å². The highest BCUT2D eigenvalue weighted by atomic mass is 16.5. The molecule has 0 aliphatic carbocycles. The summed E-state index contributed by atoms with van der Waals surface area (Å²) < 4.78 is 5.30. The lowest BCUT2D eigenvalue weighted by atomic mass is 9.94. The van der Waals surface area contributed by atoms with Crippen molar-refractivity contribution in [3.63, 3.8) is 0 Å². The van der Waals surface area contributed by atoms with E-state index in [1.807, 2.05) is 25.1 Å². The van der Waals surface area contributed by atoms with Crippen LogP contribution >= 0.6 is 0 Å². The maximum atomic E-state index is 12.2. The zero-order chi connectivity index (χ0) is 13.8. The van der Waals surface area contributed by atoms with E-state index in [0.717, 1.165) is 30.6 Å². The molecule has 1 saturated heterocycles. The van der Waals surface area contributed by atoms with E-state index in [0.29, 0.717) is 11.7 Å². The number of anilines is 1. The van der Waals surface area contributed by atoms with Crippen LogP contribution in [-0.2, 0) is 4.79 Å². The number of hydrogen-bond donors (Lipinski definition) is 2. The number of methoxy groups -OCH3 is 1. The van der Waals surface area contributed by atoms with Gasteiger partial charge in [0.2, 0.25) is 5.91 Å². The van der Waals surface area contributed by atoms with Crippen LogP contribution in [0.4, 0.5) is 5.69 Å². The van der Waals surface area contributed by atoms with Gasteiger partial charge < -0.3 is 15.4 Å². The summed E-state index contributed by atoms with van der Waals surface area (Å²) in [6.07, 6.45) is 2.03. The maximum Gasteiger partial charge on any atom is 0.241 e. The van der Waals surface area contributed by atoms with Crippen LogP contribution in [0.25, 0.3) is 0 Å². The molecule has 0 spiro atoms. The summed E-state index contributed by atoms with van der Waals surface area (Å²) in [7, 11) is 1.62. The second-order valence-electron chi connectivity index (χ2n) is 5.33. The molecule has 2 N–H and O–H groups in total. The Labute approximate surface area is 114 Å². The van der Waals surface area contributed by atoms with E-state index in [1.54, 1.807) is 7.11 Å². The van der Waals surface area contributed by atoms with E-state index in [9.17, 15) is 4.79 Å². The molecule has 1 amide bonds. The van der Waals surface area contributed by atoms with Crippen molar-refractivity contribution in [2.45, 2.75) is 32.7 Å². The predicted molar refractivity (Wildman–Crippen MR) is 76.5 cm³/mol. The van der Waals surface area contributed by atoms with Crippen LogP contribution in [0.2, 0.25) is 0 Å². The average molecular weight is 262 g/mol. The number of nitrogens with one attached hydrogen (secondary N) is 2. The molecular weight excluding hydrogens is 240 g/mol. The van der Waals surface area contributed by atoms with Crippen molar-refractivity contribution >= 4 is 11.6 Å². The molecule has 1 aromatic carbocycles. The smallest absolute Gasteiger partial charge is 0.241 e. The molecule has 2 unspecified atom stereocenters. The van der Waals surface area contributed by atoms with Crippen LogP contribution in [0.5, 0.6) is 5.75 Å². The Morgan fingerprint density at radius 2 is 2.26 bits per heavy atom. The first-order valence-electron chi connectivity index (χ1n) is 6.79. The number of hydrogen-bond acceptors (Lipinski definition) is 3. The van der Waals surface area contributed by atoms with Crippen molar-refractivity contribution < 1.29 is 9.53 Å². The van der Waals surface area contributed by atoms with Gasteiger partial charge in [0.1, 0.15) is 5.75 Å². The molecule has 4 heteroatoms. The fraction of sp³-hybridized carbons (Fsp3) is 0.533. The van der Waals surface area contributed by atoms with Gasteiger partial charge in [-0.3, -0.25) is 4.79 Å². The van der Waals surface area contributed by atoms with Gasteiger partial charge in [-0.1, -0.05) is 13.0 Å². The molecule has 1 aliphatic rings. The molecule has 1 aromatic rings. The molecule has 104 valence electrons. The third kappa shape index (κ3) is 3.47. The first kappa shape index (κ1) is 13.9. The predicted octanol–water partition coefficient (Wildman–Crippen LogP) is 2.33. The van der Waals surface area contributed by atoms with Crippen LogP contribution in [0, 0.1) is 12.8 Å². The number of amides is 1. The molecule has 1 aliphatic heterocycles. The summed E-state index contributed by atoms with van der Waals surface area (Å²) in [6, 6.07) is 5.68. The number of carbonyl (C=O) groups is 1. The molecule has 19 heavy (non-hydrogen) atoms. The monoisotopic (exact) mass is 262 g/mol. The zero-order valence-corrected chi connectivity index (χ0v) is 11.8. The third-order valence-corrected chi connectivity index (χ3v) is 3.60. The Morgan fingerprint density at radius 1 is 1.47 bits per heavy atom. The van der Waals surface area contributed by atoms with Crippen molar-refractivity contribution in [3.8, 4) is 5.75 Å². The summed E-state index contributed by atoms with van der Waals surface area (Å²) in [5, 5.41) is 6.22. The van der Waals surface area contributed by atoms with E-state index < -0.39 is 0 Å². The van der Waals surface area contributed by atoms with E-state index in [2.05, 4.69) is 17.6 Å². The van der Waals surface area contributed by atoms with Crippen molar-refractivity contribution in [3.05, 3.63) is 23.8 Å². The summed E-state index contributed by atoms with van der Waals surface area (Å²) in [4.78, 5) is 12.2. The van der Waals surface area contributed by atoms with Gasteiger partial charge in [0.15, 0.2) is 0 Å². The topological polar surface area (TPSA) is 50.4 Å². The summed E-state index contributed by atoms with van der Waals surface area (Å²) in [6.45, 7) is 5.09. The highest BCUT2D eigenvalue weighted by Crippen LogP contribution is 2.26. The Hall–Kier alpha value is -1.55. The quantitative estimate of drug-likeness (QED) is 0.879. The highest BCUT2D eigenvalue weighted by Gasteiger charge is 2.25. The molecule has 0 bridgehead atoms. The molecular formula is C15H22N2O2. The minimum absolute atomic E-state index is 0.0219. The van der Waals surface area contributed by atoms with Crippen LogP contribution in [0.3, 0.4) is 0 Å². The standard InChI is InChI=1S/C15H22N2O2/c1-10-4-5-12(14(9-10)19-3)17-15(18)13-8-11(2)6-7-16-13/h4-5,9,11,13,16H,6-8H2,1-3H3,(H,17,18). The van der Waals surface area contributed by atoms with Crippen molar-refractivity contribution in [1.29, 1.82) is 0 Å². The molecule has 2 atom stereocenters. The SMILES string of the molecule is COc1cc(C)ccc1NC(=O)C1CC(C)CCN1. The van der Waals surface area contributed by atoms with Gasteiger partial charge in [-0.25, -0.2) is 0 Å². The van der Waals surface area contributed by atoms with Gasteiger partial charge in [-0.2, -0.15) is 0 Å². The van der Waals surface area contributed by atoms with Gasteiger partial charge in [0.05, 0.1) is 18.8 Å². The summed E-state index contributed by atoms with van der Waals surface area (Å²) in [5.41, 5.74) is 1.84. The molecule has 2 rings (SSSR count). The Morgan fingerprint density at radius 3 is 2.95 bits per heavy atom. The van der Waals surface area contributed by atoms with Crippen LogP contribution < -0.4 is 15.4 Å². The van der Waals surface area contributed by atoms with E-state index in [-0.39, 0.29) is 11.9 Å². The number of piperidine rings is 1. The Balaban J connectivity index is 2.06. The largest absolute Gasteiger partial charge is 0.495 e. The van der Waals surface area contributed by atoms with E-state index in [4.69, 9.17) is 4.74 Å². The summed E-state index contributed by atoms with van der Waals surface area (Å²) >= 11 is 0. The highest BCUT2D eigenvalue weighted by molar-refractivity contribution is 5.96. The van der Waals surface area contributed by atoms with E-state index in [1.165, 1.54) is 0 Å². The van der Waals surface area contributed by atoms with Gasteiger partial charge in [0, 0.05) is 0 Å². The summed E-state index contributed by atoms with van der Waals surface area (Å²) in [5.74, 6) is 1.32. The lowest BCUT2D eigenvalue weighted by Gasteiger charge is -2.27. The molecule has 1 heterocycles. The minimum atomic E-state index is -0.102. The second kappa shape index (κ2) is 6.06. The number of ether oxygens (including phenoxy) is 1. The fourth-order valence-electron chi connectivity index (χ4n) is 2.43. The molecule has 0 radical (unpaired) electrons. The maximum absolute atomic E-state index is 12.2. The Kier molecular flexibility index (Phi) is 4.43. The normalized spacial score (nSPS) is 22.9. The van der Waals surface area contributed by atoms with Crippen LogP contribution in [0.1, 0.15) is 25.3 Å². The van der Waals surface area contributed by atoms with Gasteiger partial charge in [0.25, 0.3) is 0 Å². The first-order chi connectivity index (χ1) is 9.10. The van der Waals surface area contributed by atoms with Crippen molar-refractivity contribution in [1.82, 2.24) is 5.32 Å². The molecule has 4 nitrogen and oxygen atoms in total. The number of carbonyl (C=O) groups excluding carboxylic acids is 1. The lowest BCUT2D eigenvalue weighted by molar-refractivity contribution is -0.119. The Bertz CT molecular complexity index is 459. The van der Waals surface area contributed by atoms with Gasteiger partial charge in [-0.05, 0) is 49.9 Å². The van der Waals surface area contributed by atoms with Crippen LogP contribution in [-0.4, -0.2) is 25.6 Å². The van der Waals surface area contributed by atoms with Crippen molar-refractivity contribution in [2.75, 3.05) is 19.0 Å². The minimum Gasteiger partial charge on any atom is -0.495 e. The number of aryl methyl sites for hydroxylation is 1.